The number of carbonyl (C=O) groups is 1. The first-order valence-corrected chi connectivity index (χ1v) is 28.3. The number of benzene rings is 5. The van der Waals surface area contributed by atoms with Crippen molar-refractivity contribution >= 4 is 137 Å². The van der Waals surface area contributed by atoms with E-state index in [1.807, 2.05) is 0 Å². The summed E-state index contributed by atoms with van der Waals surface area (Å²) in [5.41, 5.74) is 2.48. The van der Waals surface area contributed by atoms with Crippen LogP contribution < -0.4 is 181 Å². The van der Waals surface area contributed by atoms with E-state index >= 15 is 0 Å². The summed E-state index contributed by atoms with van der Waals surface area (Å²) < 4.78 is 181. The SMILES string of the molecule is Nc1c(N=Nc2ccc(N=c3[nH]c(Cl)nc(=Nc4cccc(S(=O)(=O)[O-])c4)[nH]3)cc2S(=O)(=O)[O-])ccc2c1C(=O)/C(=N/Nc1ccc(N=c3[nH]c(Cl)nc(=Nc4cccc(S(=O)(=O)[O-])c4)[nH]3)cc1S(=O)(=O)[O-])C(S(=O)(=O)[O-])=C2.[Na+].[Na+].[Na+].[Na+].[Na+]. The molecule has 0 saturated carbocycles. The number of fused-ring (bicyclic) bond motifs is 1. The first-order valence-electron chi connectivity index (χ1n) is 20.5. The van der Waals surface area contributed by atoms with Gasteiger partial charge in [-0.3, -0.25) is 20.2 Å². The van der Waals surface area contributed by atoms with E-state index in [9.17, 15) is 69.6 Å². The van der Waals surface area contributed by atoms with Crippen molar-refractivity contribution in [3.63, 3.8) is 0 Å². The van der Waals surface area contributed by atoms with Crippen LogP contribution in [0.4, 0.5) is 45.5 Å². The number of nitrogen functional groups attached to an aromatic ring is 1. The number of hydrogen-bond acceptors (Lipinski definition) is 27. The van der Waals surface area contributed by atoms with Crippen molar-refractivity contribution in [2.45, 2.75) is 19.6 Å². The number of nitrogens with one attached hydrogen (secondary N) is 5. The summed E-state index contributed by atoms with van der Waals surface area (Å²) in [5, 5.41) is 10.7. The van der Waals surface area contributed by atoms with Gasteiger partial charge in [0, 0.05) is 0 Å². The molecule has 5 aromatic carbocycles. The molecular formula is C40H24Cl2N15Na5O16S5. The van der Waals surface area contributed by atoms with Crippen molar-refractivity contribution in [2.24, 2.45) is 35.3 Å². The molecule has 1 aliphatic carbocycles. The Morgan fingerprint density at radius 3 is 1.42 bits per heavy atom. The standard InChI is InChI=1S/C40H29Cl2N15O16S5.5Na/c41-35-48-37(44-19-3-1-5-23(14-19)74(59,60)61)52-39(50-35)46-21-8-11-25(28(16-21)76(65,66)67)54-56-27-10-7-18-13-30(78(71,72)73)33(34(58)31(18)32(27)43)57-55-26-12-9-22(17-29(26)77(68,69)70)47-40-51-36(42)49-38(53-40)45-20-4-2-6-24(15-20)75(62,63)64;;;;;/h1-17,55H,43H2,(H,59,60,61)(H,62,63,64)(H,65,66,67)(H,68,69,70)(H,71,72,73)(H2,44,46,48,50,52)(H2,45,47,49,51,53);;;;;/q;5*+1/p-5/b56-54?,57-33+;;;;;. The molecule has 0 saturated heterocycles. The van der Waals surface area contributed by atoms with Crippen LogP contribution in [0.1, 0.15) is 15.9 Å². The van der Waals surface area contributed by atoms with Gasteiger partial charge in [-0.05, 0) is 114 Å². The molecule has 7 N–H and O–H groups in total. The third-order valence-corrected chi connectivity index (χ3v) is 14.6. The Balaban J connectivity index is 0.00000361. The van der Waals surface area contributed by atoms with Gasteiger partial charge in [0.1, 0.15) is 67.7 Å². The van der Waals surface area contributed by atoms with Gasteiger partial charge in [-0.25, -0.2) is 62.1 Å². The fourth-order valence-electron chi connectivity index (χ4n) is 6.69. The third kappa shape index (κ3) is 19.1. The van der Waals surface area contributed by atoms with Crippen molar-refractivity contribution in [1.29, 1.82) is 0 Å². The number of nitrogens with zero attached hydrogens (tertiary/aromatic N) is 9. The van der Waals surface area contributed by atoms with Crippen LogP contribution in [0.15, 0.2) is 157 Å². The zero-order valence-electron chi connectivity index (χ0n) is 42.7. The molecule has 2 heterocycles. The van der Waals surface area contributed by atoms with Gasteiger partial charge in [0.2, 0.25) is 38.8 Å². The maximum atomic E-state index is 14.0. The summed E-state index contributed by atoms with van der Waals surface area (Å²) >= 11 is 12.1. The molecule has 0 atom stereocenters. The smallest absolute Gasteiger partial charge is 0.744 e. The van der Waals surface area contributed by atoms with E-state index in [0.717, 1.165) is 66.7 Å². The number of H-pyrrole nitrogens is 4. The number of ketones is 1. The first kappa shape index (κ1) is 74.0. The van der Waals surface area contributed by atoms with Crippen LogP contribution in [0.25, 0.3) is 6.08 Å². The van der Waals surface area contributed by atoms with E-state index in [-0.39, 0.29) is 209 Å². The van der Waals surface area contributed by atoms with Gasteiger partial charge in [0.15, 0.2) is 0 Å². The van der Waals surface area contributed by atoms with Crippen LogP contribution in [-0.4, -0.2) is 106 Å². The molecule has 0 unspecified atom stereocenters. The molecule has 0 aliphatic heterocycles. The second-order valence-electron chi connectivity index (χ2n) is 15.3. The zero-order valence-corrected chi connectivity index (χ0v) is 58.3. The number of hydrogen-bond donors (Lipinski definition) is 6. The van der Waals surface area contributed by atoms with Crippen molar-refractivity contribution < 1.29 is 217 Å². The Morgan fingerprint density at radius 1 is 0.506 bits per heavy atom. The molecule has 8 rings (SSSR count). The second kappa shape index (κ2) is 29.6. The maximum Gasteiger partial charge on any atom is 1.00 e. The molecule has 0 bridgehead atoms. The summed E-state index contributed by atoms with van der Waals surface area (Å²) in [7, 11) is -26.1. The average molecular weight is 1320 g/mol. The number of allylic oxidation sites excluding steroid dienone is 1. The van der Waals surface area contributed by atoms with Crippen LogP contribution in [0.3, 0.4) is 0 Å². The monoisotopic (exact) mass is 1310 g/mol. The Bertz CT molecular complexity index is 4740. The van der Waals surface area contributed by atoms with Gasteiger partial charge in [0.25, 0.3) is 0 Å². The van der Waals surface area contributed by atoms with E-state index in [4.69, 9.17) is 28.9 Å². The van der Waals surface area contributed by atoms with E-state index in [1.54, 1.807) is 0 Å². The van der Waals surface area contributed by atoms with Gasteiger partial charge in [-0.1, -0.05) is 18.2 Å². The fourth-order valence-corrected chi connectivity index (χ4v) is 9.97. The predicted molar refractivity (Wildman–Crippen MR) is 263 cm³/mol. The molecule has 0 radical (unpaired) electrons. The number of carbonyl (C=O) groups excluding carboxylic acids is 1. The van der Waals surface area contributed by atoms with Crippen LogP contribution in [-0.2, 0) is 50.6 Å². The average Bonchev–Trinajstić information content (AvgIpc) is 3.44. The summed E-state index contributed by atoms with van der Waals surface area (Å²) in [6.07, 6.45) is 0.700. The van der Waals surface area contributed by atoms with E-state index in [0.29, 0.717) is 12.1 Å². The molecule has 0 spiro atoms. The normalized spacial score (nSPS) is 14.1. The Hall–Kier alpha value is -3.27. The minimum absolute atomic E-state index is 0. The summed E-state index contributed by atoms with van der Waals surface area (Å²) in [6.45, 7) is 0. The minimum Gasteiger partial charge on any atom is -0.744 e. The molecule has 7 aromatic rings. The number of halogens is 2. The number of anilines is 2. The minimum atomic E-state index is -5.58. The van der Waals surface area contributed by atoms with Gasteiger partial charge < -0.3 is 38.5 Å². The van der Waals surface area contributed by atoms with Crippen LogP contribution in [0, 0.1) is 0 Å². The number of azo groups is 1. The van der Waals surface area contributed by atoms with Crippen LogP contribution >= 0.6 is 23.2 Å². The van der Waals surface area contributed by atoms with E-state index < -0.39 is 115 Å². The summed E-state index contributed by atoms with van der Waals surface area (Å²) in [6, 6.07) is 16.9. The number of nitrogens with two attached hydrogens (primary N) is 1. The van der Waals surface area contributed by atoms with Gasteiger partial charge in [-0.15, -0.1) is 10.2 Å². The molecular weight excluding hydrogens is 1290 g/mol. The van der Waals surface area contributed by atoms with Crippen molar-refractivity contribution in [3.05, 3.63) is 146 Å². The number of aromatic amines is 4. The molecule has 404 valence electrons. The van der Waals surface area contributed by atoms with Crippen molar-refractivity contribution in [1.82, 2.24) is 29.9 Å². The molecule has 43 heteroatoms. The van der Waals surface area contributed by atoms with E-state index in [2.05, 4.69) is 70.6 Å². The third-order valence-electron chi connectivity index (χ3n) is 9.96. The van der Waals surface area contributed by atoms with E-state index in [1.165, 1.54) is 24.3 Å². The van der Waals surface area contributed by atoms with Gasteiger partial charge in [-0.2, -0.15) is 15.1 Å². The summed E-state index contributed by atoms with van der Waals surface area (Å²) in [5.74, 6) is -1.37. The van der Waals surface area contributed by atoms with Crippen LogP contribution in [0.5, 0.6) is 0 Å². The quantitative estimate of drug-likeness (QED) is 0.0205. The molecule has 2 aromatic heterocycles. The molecule has 0 fully saturated rings. The number of aromatic nitrogens is 6. The molecule has 83 heavy (non-hydrogen) atoms. The largest absolute Gasteiger partial charge is 1.00 e. The number of rotatable bonds is 13. The summed E-state index contributed by atoms with van der Waals surface area (Å²) in [4.78, 5) is 43.9. The fraction of sp³-hybridized carbons (Fsp3) is 0. The first-order chi connectivity index (χ1) is 36.4. The Labute approximate surface area is 588 Å². The maximum absolute atomic E-state index is 14.0. The van der Waals surface area contributed by atoms with Gasteiger partial charge in [0.05, 0.1) is 64.2 Å². The molecule has 0 amide bonds. The van der Waals surface area contributed by atoms with Crippen LogP contribution in [0.2, 0.25) is 10.6 Å². The van der Waals surface area contributed by atoms with Crippen molar-refractivity contribution in [3.8, 4) is 0 Å². The molecule has 31 nitrogen and oxygen atoms in total. The topological polar surface area (TPSA) is 517 Å². The zero-order chi connectivity index (χ0) is 56.7. The second-order valence-corrected chi connectivity index (χ2v) is 22.8. The predicted octanol–water partition coefficient (Wildman–Crippen LogP) is -12.8. The van der Waals surface area contributed by atoms with Gasteiger partial charge >= 0.3 is 148 Å². The Morgan fingerprint density at radius 2 is 0.952 bits per heavy atom. The number of Topliss-reactive ketones (excluding diaryl/α,β-unsaturated/α-hetero) is 1. The molecule has 1 aliphatic rings. The Kier molecular flexibility index (Phi) is 26.4. The number of hydrazone groups is 1. The van der Waals surface area contributed by atoms with Crippen molar-refractivity contribution in [2.75, 3.05) is 11.2 Å².